The molecule has 1 fully saturated rings. The molecule has 1 heterocycles. The molecule has 2 rings (SSSR count). The van der Waals surface area contributed by atoms with Gasteiger partial charge in [0.1, 0.15) is 0 Å². The fraction of sp³-hybridized carbons (Fsp3) is 0.769. The zero-order valence-electron chi connectivity index (χ0n) is 10.8. The molecule has 1 saturated carbocycles. The van der Waals surface area contributed by atoms with Crippen molar-refractivity contribution in [1.29, 1.82) is 0 Å². The summed E-state index contributed by atoms with van der Waals surface area (Å²) in [6, 6.07) is 0. The number of hydrogen-bond donors (Lipinski definition) is 1. The Balaban J connectivity index is 2.08. The lowest BCUT2D eigenvalue weighted by atomic mass is 9.79. The number of carboxylic acids is 1. The van der Waals surface area contributed by atoms with Gasteiger partial charge in [-0.05, 0) is 19.3 Å². The highest BCUT2D eigenvalue weighted by atomic mass is 16.5. The van der Waals surface area contributed by atoms with E-state index in [-0.39, 0.29) is 11.8 Å². The fourth-order valence-corrected chi connectivity index (χ4v) is 2.58. The minimum absolute atomic E-state index is 0.0980. The van der Waals surface area contributed by atoms with Crippen molar-refractivity contribution in [2.75, 3.05) is 0 Å². The van der Waals surface area contributed by atoms with Gasteiger partial charge in [0.15, 0.2) is 5.82 Å². The Bertz CT molecular complexity index is 403. The summed E-state index contributed by atoms with van der Waals surface area (Å²) in [6.45, 7) is 2.11. The van der Waals surface area contributed by atoms with Gasteiger partial charge in [-0.3, -0.25) is 4.79 Å². The first-order chi connectivity index (χ1) is 8.72. The highest BCUT2D eigenvalue weighted by Crippen LogP contribution is 2.37. The smallest absolute Gasteiger partial charge is 0.307 e. The van der Waals surface area contributed by atoms with E-state index in [4.69, 9.17) is 4.52 Å². The number of carbonyl (C=O) groups is 1. The van der Waals surface area contributed by atoms with Gasteiger partial charge in [-0.1, -0.05) is 31.3 Å². The second kappa shape index (κ2) is 5.98. The predicted molar refractivity (Wildman–Crippen MR) is 65.2 cm³/mol. The molecule has 0 aliphatic heterocycles. The van der Waals surface area contributed by atoms with E-state index in [0.29, 0.717) is 18.1 Å². The highest BCUT2D eigenvalue weighted by Gasteiger charge is 2.35. The Morgan fingerprint density at radius 3 is 2.94 bits per heavy atom. The molecule has 100 valence electrons. The van der Waals surface area contributed by atoms with Gasteiger partial charge in [-0.15, -0.1) is 0 Å². The molecule has 1 aromatic rings. The van der Waals surface area contributed by atoms with Gasteiger partial charge in [-0.2, -0.15) is 4.98 Å². The maximum atomic E-state index is 11.2. The van der Waals surface area contributed by atoms with Crippen LogP contribution >= 0.6 is 0 Å². The van der Waals surface area contributed by atoms with E-state index in [2.05, 4.69) is 17.1 Å². The molecule has 0 radical (unpaired) electrons. The Hall–Kier alpha value is -1.39. The van der Waals surface area contributed by atoms with Crippen molar-refractivity contribution in [2.45, 2.75) is 57.8 Å². The van der Waals surface area contributed by atoms with Crippen molar-refractivity contribution < 1.29 is 14.4 Å². The Morgan fingerprint density at radius 2 is 2.22 bits per heavy atom. The minimum atomic E-state index is -0.743. The van der Waals surface area contributed by atoms with Crippen LogP contribution in [0.3, 0.4) is 0 Å². The van der Waals surface area contributed by atoms with Gasteiger partial charge in [0, 0.05) is 6.42 Å². The van der Waals surface area contributed by atoms with E-state index in [1.54, 1.807) is 0 Å². The molecule has 1 aliphatic rings. The van der Waals surface area contributed by atoms with Crippen LogP contribution in [0.15, 0.2) is 4.52 Å². The van der Waals surface area contributed by atoms with Crippen molar-refractivity contribution in [3.63, 3.8) is 0 Å². The molecular weight excluding hydrogens is 232 g/mol. The van der Waals surface area contributed by atoms with Gasteiger partial charge in [-0.25, -0.2) is 0 Å². The van der Waals surface area contributed by atoms with Crippen molar-refractivity contribution in [1.82, 2.24) is 10.1 Å². The summed E-state index contributed by atoms with van der Waals surface area (Å²) in [5, 5.41) is 13.2. The molecule has 0 spiro atoms. The molecule has 18 heavy (non-hydrogen) atoms. The Labute approximate surface area is 107 Å². The second-order valence-corrected chi connectivity index (χ2v) is 4.99. The monoisotopic (exact) mass is 252 g/mol. The van der Waals surface area contributed by atoms with Crippen LogP contribution in [0.1, 0.15) is 63.1 Å². The van der Waals surface area contributed by atoms with Crippen molar-refractivity contribution in [3.8, 4) is 0 Å². The summed E-state index contributed by atoms with van der Waals surface area (Å²) in [6.07, 6.45) is 6.51. The second-order valence-electron chi connectivity index (χ2n) is 4.99. The van der Waals surface area contributed by atoms with E-state index >= 15 is 0 Å². The van der Waals surface area contributed by atoms with Gasteiger partial charge < -0.3 is 9.63 Å². The van der Waals surface area contributed by atoms with Crippen LogP contribution in [0.25, 0.3) is 0 Å². The lowest BCUT2D eigenvalue weighted by molar-refractivity contribution is -0.143. The number of unbranched alkanes of at least 4 members (excludes halogenated alkanes) is 1. The normalized spacial score (nSPS) is 24.1. The molecule has 0 aromatic carbocycles. The number of aliphatic carboxylic acids is 1. The van der Waals surface area contributed by atoms with E-state index < -0.39 is 5.97 Å². The molecule has 2 unspecified atom stereocenters. The lowest BCUT2D eigenvalue weighted by Gasteiger charge is -2.25. The topological polar surface area (TPSA) is 76.2 Å². The number of rotatable bonds is 5. The first kappa shape index (κ1) is 13.1. The van der Waals surface area contributed by atoms with Crippen molar-refractivity contribution in [3.05, 3.63) is 11.7 Å². The molecule has 2 atom stereocenters. The maximum Gasteiger partial charge on any atom is 0.307 e. The Morgan fingerprint density at radius 1 is 1.44 bits per heavy atom. The third kappa shape index (κ3) is 2.89. The molecule has 1 aliphatic carbocycles. The molecule has 0 amide bonds. The maximum absolute atomic E-state index is 11.2. The van der Waals surface area contributed by atoms with Crippen LogP contribution in [0.4, 0.5) is 0 Å². The average Bonchev–Trinajstić information content (AvgIpc) is 2.85. The summed E-state index contributed by atoms with van der Waals surface area (Å²) in [5.74, 6) is 0.0279. The molecule has 1 aromatic heterocycles. The molecule has 0 saturated heterocycles. The van der Waals surface area contributed by atoms with Crippen LogP contribution in [-0.2, 0) is 11.2 Å². The minimum Gasteiger partial charge on any atom is -0.481 e. The molecular formula is C13H20N2O3. The van der Waals surface area contributed by atoms with E-state index in [9.17, 15) is 9.90 Å². The number of aryl methyl sites for hydroxylation is 1. The lowest BCUT2D eigenvalue weighted by Crippen LogP contribution is -2.25. The SMILES string of the molecule is CCCCc1noc(C2CCCCC2C(=O)O)n1. The quantitative estimate of drug-likeness (QED) is 0.872. The predicted octanol–water partition coefficient (Wildman–Crippen LogP) is 2.77. The van der Waals surface area contributed by atoms with Crippen LogP contribution in [0.5, 0.6) is 0 Å². The molecule has 0 bridgehead atoms. The summed E-state index contributed by atoms with van der Waals surface area (Å²) in [5.41, 5.74) is 0. The van der Waals surface area contributed by atoms with E-state index in [1.165, 1.54) is 0 Å². The zero-order chi connectivity index (χ0) is 13.0. The molecule has 1 N–H and O–H groups in total. The van der Waals surface area contributed by atoms with Crippen LogP contribution in [0, 0.1) is 5.92 Å². The third-order valence-corrected chi connectivity index (χ3v) is 3.64. The fourth-order valence-electron chi connectivity index (χ4n) is 2.58. The molecule has 5 nitrogen and oxygen atoms in total. The number of hydrogen-bond acceptors (Lipinski definition) is 4. The van der Waals surface area contributed by atoms with Gasteiger partial charge in [0.05, 0.1) is 11.8 Å². The van der Waals surface area contributed by atoms with Gasteiger partial charge in [0.25, 0.3) is 0 Å². The summed E-state index contributed by atoms with van der Waals surface area (Å²) < 4.78 is 5.26. The summed E-state index contributed by atoms with van der Waals surface area (Å²) in [4.78, 5) is 15.6. The zero-order valence-corrected chi connectivity index (χ0v) is 10.8. The van der Waals surface area contributed by atoms with Crippen molar-refractivity contribution >= 4 is 5.97 Å². The first-order valence-corrected chi connectivity index (χ1v) is 6.77. The largest absolute Gasteiger partial charge is 0.481 e. The average molecular weight is 252 g/mol. The first-order valence-electron chi connectivity index (χ1n) is 6.77. The third-order valence-electron chi connectivity index (χ3n) is 3.64. The summed E-state index contributed by atoms with van der Waals surface area (Å²) in [7, 11) is 0. The van der Waals surface area contributed by atoms with Crippen LogP contribution < -0.4 is 0 Å². The Kier molecular flexibility index (Phi) is 4.33. The van der Waals surface area contributed by atoms with Gasteiger partial charge >= 0.3 is 5.97 Å². The molecule has 5 heteroatoms. The van der Waals surface area contributed by atoms with Crippen LogP contribution in [-0.4, -0.2) is 21.2 Å². The number of carboxylic acid groups (broad SMARTS) is 1. The van der Waals surface area contributed by atoms with E-state index in [0.717, 1.165) is 38.5 Å². The standard InChI is InChI=1S/C13H20N2O3/c1-2-3-8-11-14-12(18-15-11)9-6-4-5-7-10(9)13(16)17/h9-10H,2-8H2,1H3,(H,16,17). The summed E-state index contributed by atoms with van der Waals surface area (Å²) >= 11 is 0. The van der Waals surface area contributed by atoms with Crippen molar-refractivity contribution in [2.24, 2.45) is 5.92 Å². The number of aromatic nitrogens is 2. The van der Waals surface area contributed by atoms with E-state index in [1.807, 2.05) is 0 Å². The highest BCUT2D eigenvalue weighted by molar-refractivity contribution is 5.71. The van der Waals surface area contributed by atoms with Gasteiger partial charge in [0.2, 0.25) is 5.89 Å². The number of nitrogens with zero attached hydrogens (tertiary/aromatic N) is 2. The van der Waals surface area contributed by atoms with Crippen LogP contribution in [0.2, 0.25) is 0 Å².